The van der Waals surface area contributed by atoms with E-state index in [9.17, 15) is 22.4 Å². The summed E-state index contributed by atoms with van der Waals surface area (Å²) in [5, 5.41) is 0. The molecule has 0 unspecified atom stereocenters. The number of ether oxygens (including phenoxy) is 3. The third kappa shape index (κ3) is 3.63. The van der Waals surface area contributed by atoms with Gasteiger partial charge in [-0.1, -0.05) is 13.0 Å². The van der Waals surface area contributed by atoms with Crippen molar-refractivity contribution in [1.29, 1.82) is 0 Å². The summed E-state index contributed by atoms with van der Waals surface area (Å²) < 4.78 is 70.9. The average Bonchev–Trinajstić information content (AvgIpc) is 2.86. The first kappa shape index (κ1) is 21.5. The molecule has 0 spiro atoms. The fourth-order valence-electron chi connectivity index (χ4n) is 3.51. The Kier molecular flexibility index (Phi) is 6.09. The third-order valence-corrected chi connectivity index (χ3v) is 5.21. The topological polar surface area (TPSA) is 44.8 Å². The van der Waals surface area contributed by atoms with E-state index in [4.69, 9.17) is 14.2 Å². The monoisotopic (exact) mass is 392 g/mol. The number of carbonyl (C=O) groups excluding carboxylic acids is 1. The normalized spacial score (nSPS) is 28.3. The highest BCUT2D eigenvalue weighted by atomic mass is 19.4. The van der Waals surface area contributed by atoms with Crippen molar-refractivity contribution < 1.29 is 36.6 Å². The average molecular weight is 392 g/mol. The zero-order valence-corrected chi connectivity index (χ0v) is 15.9. The van der Waals surface area contributed by atoms with E-state index in [-0.39, 0.29) is 24.5 Å². The first-order valence-corrected chi connectivity index (χ1v) is 8.82. The zero-order valence-electron chi connectivity index (χ0n) is 15.9. The molecule has 0 N–H and O–H groups in total. The number of alkyl halides is 3. The van der Waals surface area contributed by atoms with E-state index in [2.05, 4.69) is 0 Å². The number of benzene rings is 1. The van der Waals surface area contributed by atoms with Crippen molar-refractivity contribution in [3.63, 3.8) is 0 Å². The second-order valence-electron chi connectivity index (χ2n) is 6.73. The largest absolute Gasteiger partial charge is 0.493 e. The maximum absolute atomic E-state index is 14.0. The van der Waals surface area contributed by atoms with Crippen LogP contribution < -0.4 is 4.74 Å². The van der Waals surface area contributed by atoms with Gasteiger partial charge in [-0.2, -0.15) is 13.2 Å². The molecule has 4 nitrogen and oxygen atoms in total. The van der Waals surface area contributed by atoms with Crippen LogP contribution in [0.1, 0.15) is 44.7 Å². The van der Waals surface area contributed by atoms with Crippen LogP contribution in [0, 0.1) is 18.7 Å². The molecule has 0 bridgehead atoms. The number of hydrogen-bond donors (Lipinski definition) is 0. The summed E-state index contributed by atoms with van der Waals surface area (Å²) in [5.41, 5.74) is -2.08. The molecule has 27 heavy (non-hydrogen) atoms. The lowest BCUT2D eigenvalue weighted by Crippen LogP contribution is -2.47. The fraction of sp³-hybridized carbons (Fsp3) is 0.632. The van der Waals surface area contributed by atoms with Crippen LogP contribution in [0.5, 0.6) is 5.75 Å². The van der Waals surface area contributed by atoms with Gasteiger partial charge < -0.3 is 14.2 Å². The number of halogens is 4. The zero-order chi connectivity index (χ0) is 20.6. The molecule has 1 aliphatic heterocycles. The second-order valence-corrected chi connectivity index (χ2v) is 6.73. The van der Waals surface area contributed by atoms with E-state index >= 15 is 0 Å². The summed E-state index contributed by atoms with van der Waals surface area (Å²) in [6.45, 7) is 7.20. The summed E-state index contributed by atoms with van der Waals surface area (Å²) in [6, 6.07) is 2.51. The number of hydrogen-bond acceptors (Lipinski definition) is 4. The third-order valence-electron chi connectivity index (χ3n) is 5.21. The Hall–Kier alpha value is -1.83. The van der Waals surface area contributed by atoms with Crippen molar-refractivity contribution in [3.05, 3.63) is 29.1 Å². The predicted octanol–water partition coefficient (Wildman–Crippen LogP) is 4.54. The van der Waals surface area contributed by atoms with Gasteiger partial charge in [0.1, 0.15) is 11.6 Å². The van der Waals surface area contributed by atoms with Crippen LogP contribution in [0.4, 0.5) is 17.6 Å². The number of rotatable bonds is 5. The smallest absolute Gasteiger partial charge is 0.417 e. The van der Waals surface area contributed by atoms with Crippen LogP contribution in [0.15, 0.2) is 12.1 Å². The van der Waals surface area contributed by atoms with E-state index in [0.717, 1.165) is 13.0 Å². The molecule has 0 saturated carbocycles. The highest BCUT2D eigenvalue weighted by molar-refractivity contribution is 5.77. The van der Waals surface area contributed by atoms with Crippen LogP contribution in [-0.2, 0) is 14.3 Å². The lowest BCUT2D eigenvalue weighted by atomic mass is 9.76. The Labute approximate surface area is 155 Å². The summed E-state index contributed by atoms with van der Waals surface area (Å²) >= 11 is 0. The van der Waals surface area contributed by atoms with E-state index in [1.54, 1.807) is 13.8 Å². The van der Waals surface area contributed by atoms with E-state index < -0.39 is 41.5 Å². The number of esters is 1. The molecular formula is C19H24F4O4. The van der Waals surface area contributed by atoms with Gasteiger partial charge in [-0.15, -0.1) is 0 Å². The number of carbonyl (C=O) groups is 1. The summed E-state index contributed by atoms with van der Waals surface area (Å²) in [7, 11) is 0. The minimum Gasteiger partial charge on any atom is -0.493 e. The molecule has 1 heterocycles. The predicted molar refractivity (Wildman–Crippen MR) is 90.2 cm³/mol. The van der Waals surface area contributed by atoms with Crippen molar-refractivity contribution in [2.45, 2.75) is 58.4 Å². The Morgan fingerprint density at radius 1 is 1.26 bits per heavy atom. The molecule has 2 rings (SSSR count). The molecule has 8 heteroatoms. The first-order valence-electron chi connectivity index (χ1n) is 8.82. The molecule has 152 valence electrons. The van der Waals surface area contributed by atoms with Crippen molar-refractivity contribution in [2.75, 3.05) is 13.2 Å². The lowest BCUT2D eigenvalue weighted by Gasteiger charge is -2.32. The van der Waals surface area contributed by atoms with Crippen LogP contribution in [0.2, 0.25) is 0 Å². The highest BCUT2D eigenvalue weighted by Gasteiger charge is 2.66. The Morgan fingerprint density at radius 3 is 2.41 bits per heavy atom. The highest BCUT2D eigenvalue weighted by Crippen LogP contribution is 2.55. The van der Waals surface area contributed by atoms with Gasteiger partial charge in [0.15, 0.2) is 11.7 Å². The van der Waals surface area contributed by atoms with E-state index in [0.29, 0.717) is 5.56 Å². The Morgan fingerprint density at radius 2 is 1.89 bits per heavy atom. The van der Waals surface area contributed by atoms with Gasteiger partial charge in [-0.25, -0.2) is 9.18 Å². The Bertz CT molecular complexity index is 704. The quantitative estimate of drug-likeness (QED) is 0.545. The molecule has 0 radical (unpaired) electrons. The van der Waals surface area contributed by atoms with Gasteiger partial charge in [0.25, 0.3) is 0 Å². The summed E-state index contributed by atoms with van der Waals surface area (Å²) in [4.78, 5) is 12.4. The molecule has 1 aromatic rings. The Balaban J connectivity index is 2.64. The molecule has 0 aromatic heterocycles. The van der Waals surface area contributed by atoms with Crippen LogP contribution >= 0.6 is 0 Å². The van der Waals surface area contributed by atoms with E-state index in [1.165, 1.54) is 19.9 Å². The van der Waals surface area contributed by atoms with Crippen molar-refractivity contribution in [3.8, 4) is 5.75 Å². The lowest BCUT2D eigenvalue weighted by molar-refractivity contribution is -0.274. The molecule has 1 saturated heterocycles. The molecule has 1 fully saturated rings. The maximum atomic E-state index is 14.0. The maximum Gasteiger partial charge on any atom is 0.417 e. The minimum atomic E-state index is -4.70. The van der Waals surface area contributed by atoms with Gasteiger partial charge in [-0.05, 0) is 33.8 Å². The standard InChI is InChI=1S/C19H24F4O4/c1-6-25-15-10(3)13(20)9-8-12(15)14-11(4)18(5,19(21,22)23)27-16(14)17(24)26-7-2/h8-9,11,14,16H,6-7H2,1-5H3/t11-,14-,16-,18+/m0/s1. The molecule has 0 aliphatic carbocycles. The van der Waals surface area contributed by atoms with Crippen LogP contribution in [0.25, 0.3) is 0 Å². The fourth-order valence-corrected chi connectivity index (χ4v) is 3.51. The first-order chi connectivity index (χ1) is 12.5. The van der Waals surface area contributed by atoms with E-state index in [1.807, 2.05) is 0 Å². The van der Waals surface area contributed by atoms with Crippen molar-refractivity contribution >= 4 is 5.97 Å². The SMILES string of the molecule is CCOC(=O)[C@H]1O[C@@](C)(C(F)(F)F)[C@@H](C)[C@H]1c1ccc(F)c(C)c1OCC. The van der Waals surface area contributed by atoms with Gasteiger partial charge in [-0.3, -0.25) is 0 Å². The van der Waals surface area contributed by atoms with Crippen molar-refractivity contribution in [1.82, 2.24) is 0 Å². The second kappa shape index (κ2) is 7.66. The van der Waals surface area contributed by atoms with Gasteiger partial charge >= 0.3 is 12.1 Å². The molecular weight excluding hydrogens is 368 g/mol. The minimum absolute atomic E-state index is 0.00326. The van der Waals surface area contributed by atoms with Gasteiger partial charge in [0.2, 0.25) is 0 Å². The van der Waals surface area contributed by atoms with Gasteiger partial charge in [0, 0.05) is 23.0 Å². The molecule has 4 atom stereocenters. The van der Waals surface area contributed by atoms with Crippen molar-refractivity contribution in [2.24, 2.45) is 5.92 Å². The molecule has 1 aliphatic rings. The van der Waals surface area contributed by atoms with Gasteiger partial charge in [0.05, 0.1) is 13.2 Å². The van der Waals surface area contributed by atoms with Crippen LogP contribution in [-0.4, -0.2) is 37.1 Å². The summed E-state index contributed by atoms with van der Waals surface area (Å²) in [6.07, 6.45) is -6.18. The van der Waals surface area contributed by atoms with Crippen LogP contribution in [0.3, 0.4) is 0 Å². The summed E-state index contributed by atoms with van der Waals surface area (Å²) in [5.74, 6) is -3.42. The molecule has 0 amide bonds. The molecule has 1 aromatic carbocycles.